The topological polar surface area (TPSA) is 65.9 Å². The van der Waals surface area contributed by atoms with Gasteiger partial charge in [0.2, 0.25) is 0 Å². The Morgan fingerprint density at radius 2 is 1.88 bits per heavy atom. The molecule has 1 atom stereocenters. The van der Waals surface area contributed by atoms with Crippen LogP contribution in [0.5, 0.6) is 0 Å². The van der Waals surface area contributed by atoms with Gasteiger partial charge >= 0.3 is 0 Å². The zero-order chi connectivity index (χ0) is 17.6. The molecule has 5 nitrogen and oxygen atoms in total. The van der Waals surface area contributed by atoms with Crippen molar-refractivity contribution in [1.82, 2.24) is 10.6 Å². The first kappa shape index (κ1) is 20.7. The number of nitrogens with one attached hydrogen (secondary N) is 2. The Balaban J connectivity index is 2.34. The van der Waals surface area contributed by atoms with Gasteiger partial charge in [0.05, 0.1) is 12.6 Å². The van der Waals surface area contributed by atoms with Crippen LogP contribution >= 0.6 is 11.6 Å². The molecule has 0 amide bonds. The van der Waals surface area contributed by atoms with Gasteiger partial charge in [-0.25, -0.2) is 0 Å². The first-order valence-electron chi connectivity index (χ1n) is 8.70. The number of unbranched alkanes of at least 4 members (excludes halogenated alkanes) is 1. The van der Waals surface area contributed by atoms with Gasteiger partial charge in [0.1, 0.15) is 0 Å². The molecular weight excluding hydrogens is 326 g/mol. The minimum atomic E-state index is -0.643. The highest BCUT2D eigenvalue weighted by atomic mass is 35.5. The summed E-state index contributed by atoms with van der Waals surface area (Å²) in [5.41, 5.74) is 0.809. The number of benzene rings is 1. The number of halogens is 1. The highest BCUT2D eigenvalue weighted by Gasteiger charge is 2.07. The number of guanidine groups is 1. The number of aliphatic imine (C=N–C) groups is 1. The van der Waals surface area contributed by atoms with Crippen LogP contribution in [0.4, 0.5) is 0 Å². The van der Waals surface area contributed by atoms with E-state index >= 15 is 0 Å². The Bertz CT molecular complexity index is 466. The lowest BCUT2D eigenvalue weighted by atomic mass is 10.1. The summed E-state index contributed by atoms with van der Waals surface area (Å²) in [6, 6.07) is 7.17. The number of ether oxygens (including phenoxy) is 1. The van der Waals surface area contributed by atoms with Crippen LogP contribution in [0.15, 0.2) is 29.3 Å². The summed E-state index contributed by atoms with van der Waals surface area (Å²) in [6.07, 6.45) is 2.55. The van der Waals surface area contributed by atoms with E-state index in [1.54, 1.807) is 12.1 Å². The van der Waals surface area contributed by atoms with Crippen molar-refractivity contribution in [3.63, 3.8) is 0 Å². The Morgan fingerprint density at radius 1 is 1.17 bits per heavy atom. The van der Waals surface area contributed by atoms with Crippen LogP contribution < -0.4 is 10.6 Å². The second-order valence-corrected chi connectivity index (χ2v) is 5.97. The molecule has 0 saturated heterocycles. The summed E-state index contributed by atoms with van der Waals surface area (Å²) in [5, 5.41) is 17.3. The quantitative estimate of drug-likeness (QED) is 0.324. The molecule has 1 aromatic rings. The fourth-order valence-electron chi connectivity index (χ4n) is 2.04. The number of hydrogen-bond donors (Lipinski definition) is 3. The third-order valence-electron chi connectivity index (χ3n) is 3.42. The van der Waals surface area contributed by atoms with E-state index in [0.717, 1.165) is 51.1 Å². The van der Waals surface area contributed by atoms with Gasteiger partial charge in [-0.1, -0.05) is 37.1 Å². The summed E-state index contributed by atoms with van der Waals surface area (Å²) in [6.45, 7) is 7.61. The first-order valence-corrected chi connectivity index (χ1v) is 9.08. The lowest BCUT2D eigenvalue weighted by Gasteiger charge is -2.13. The molecule has 0 saturated carbocycles. The molecule has 0 heterocycles. The Kier molecular flexibility index (Phi) is 11.3. The molecule has 0 fully saturated rings. The van der Waals surface area contributed by atoms with E-state index in [1.165, 1.54) is 0 Å². The van der Waals surface area contributed by atoms with Crippen molar-refractivity contribution in [2.75, 3.05) is 32.8 Å². The molecule has 0 aliphatic carbocycles. The molecule has 3 N–H and O–H groups in total. The van der Waals surface area contributed by atoms with Gasteiger partial charge in [-0.05, 0) is 37.5 Å². The van der Waals surface area contributed by atoms with E-state index in [2.05, 4.69) is 22.5 Å². The van der Waals surface area contributed by atoms with Crippen molar-refractivity contribution in [3.05, 3.63) is 34.9 Å². The van der Waals surface area contributed by atoms with E-state index in [0.29, 0.717) is 17.5 Å². The number of rotatable bonds is 11. The van der Waals surface area contributed by atoms with Crippen LogP contribution in [0.25, 0.3) is 0 Å². The number of aliphatic hydroxyl groups is 1. The normalized spacial score (nSPS) is 12.9. The molecule has 0 aliphatic rings. The summed E-state index contributed by atoms with van der Waals surface area (Å²) < 4.78 is 5.53. The molecule has 0 bridgehead atoms. The Labute approximate surface area is 150 Å². The van der Waals surface area contributed by atoms with Crippen LogP contribution in [0.1, 0.15) is 44.8 Å². The molecule has 0 radical (unpaired) electrons. The summed E-state index contributed by atoms with van der Waals surface area (Å²) in [7, 11) is 0. The van der Waals surface area contributed by atoms with Crippen LogP contribution in [0.3, 0.4) is 0 Å². The second kappa shape index (κ2) is 13.0. The van der Waals surface area contributed by atoms with E-state index in [1.807, 2.05) is 19.1 Å². The minimum absolute atomic E-state index is 0.296. The van der Waals surface area contributed by atoms with Gasteiger partial charge in [-0.3, -0.25) is 4.99 Å². The number of aliphatic hydroxyl groups excluding tert-OH is 1. The maximum Gasteiger partial charge on any atom is 0.191 e. The van der Waals surface area contributed by atoms with Crippen molar-refractivity contribution in [2.24, 2.45) is 4.99 Å². The van der Waals surface area contributed by atoms with Crippen LogP contribution in [-0.2, 0) is 4.74 Å². The van der Waals surface area contributed by atoms with Gasteiger partial charge in [0, 0.05) is 31.3 Å². The van der Waals surface area contributed by atoms with E-state index in [9.17, 15) is 5.11 Å². The smallest absolute Gasteiger partial charge is 0.191 e. The predicted octanol–water partition coefficient (Wildman–Crippen LogP) is 3.14. The lowest BCUT2D eigenvalue weighted by Crippen LogP contribution is -2.38. The SMILES string of the molecule is CCCCOCCCNC(=NCC(O)c1ccc(Cl)cc1)NCC. The van der Waals surface area contributed by atoms with Crippen LogP contribution in [0, 0.1) is 0 Å². The molecule has 0 aromatic heterocycles. The van der Waals surface area contributed by atoms with Gasteiger partial charge in [0.25, 0.3) is 0 Å². The summed E-state index contributed by atoms with van der Waals surface area (Å²) in [4.78, 5) is 4.43. The Morgan fingerprint density at radius 3 is 2.54 bits per heavy atom. The summed E-state index contributed by atoms with van der Waals surface area (Å²) >= 11 is 5.86. The van der Waals surface area contributed by atoms with E-state index in [4.69, 9.17) is 16.3 Å². The summed E-state index contributed by atoms with van der Waals surface area (Å²) in [5.74, 6) is 0.707. The predicted molar refractivity (Wildman–Crippen MR) is 101 cm³/mol. The molecule has 24 heavy (non-hydrogen) atoms. The second-order valence-electron chi connectivity index (χ2n) is 5.53. The van der Waals surface area contributed by atoms with Gasteiger partial charge in [-0.15, -0.1) is 0 Å². The standard InChI is InChI=1S/C18H30ClN3O2/c1-3-5-12-24-13-6-11-21-18(20-4-2)22-14-17(23)15-7-9-16(19)10-8-15/h7-10,17,23H,3-6,11-14H2,1-2H3,(H2,20,21,22). The monoisotopic (exact) mass is 355 g/mol. The fourth-order valence-corrected chi connectivity index (χ4v) is 2.17. The maximum absolute atomic E-state index is 10.2. The Hall–Kier alpha value is -1.30. The van der Waals surface area contributed by atoms with Crippen molar-refractivity contribution in [2.45, 2.75) is 39.2 Å². The molecule has 1 unspecified atom stereocenters. The van der Waals surface area contributed by atoms with Gasteiger partial charge in [-0.2, -0.15) is 0 Å². The zero-order valence-corrected chi connectivity index (χ0v) is 15.5. The third-order valence-corrected chi connectivity index (χ3v) is 3.67. The lowest BCUT2D eigenvalue weighted by molar-refractivity contribution is 0.129. The maximum atomic E-state index is 10.2. The van der Waals surface area contributed by atoms with E-state index in [-0.39, 0.29) is 0 Å². The molecule has 136 valence electrons. The van der Waals surface area contributed by atoms with Crippen LogP contribution in [-0.4, -0.2) is 43.9 Å². The van der Waals surface area contributed by atoms with Crippen molar-refractivity contribution < 1.29 is 9.84 Å². The van der Waals surface area contributed by atoms with E-state index < -0.39 is 6.10 Å². The van der Waals surface area contributed by atoms with Gasteiger partial charge < -0.3 is 20.5 Å². The van der Waals surface area contributed by atoms with Crippen molar-refractivity contribution >= 4 is 17.6 Å². The third kappa shape index (κ3) is 9.11. The average Bonchev–Trinajstić information content (AvgIpc) is 2.59. The largest absolute Gasteiger partial charge is 0.386 e. The fraction of sp³-hybridized carbons (Fsp3) is 0.611. The molecule has 0 aliphatic heterocycles. The molecule has 1 aromatic carbocycles. The highest BCUT2D eigenvalue weighted by molar-refractivity contribution is 6.30. The molecule has 0 spiro atoms. The molecule has 1 rings (SSSR count). The average molecular weight is 356 g/mol. The van der Waals surface area contributed by atoms with Crippen molar-refractivity contribution in [3.8, 4) is 0 Å². The first-order chi connectivity index (χ1) is 11.7. The number of nitrogens with zero attached hydrogens (tertiary/aromatic N) is 1. The number of hydrogen-bond acceptors (Lipinski definition) is 3. The molecule has 6 heteroatoms. The molecular formula is C18H30ClN3O2. The highest BCUT2D eigenvalue weighted by Crippen LogP contribution is 2.16. The van der Waals surface area contributed by atoms with Crippen molar-refractivity contribution in [1.29, 1.82) is 0 Å². The minimum Gasteiger partial charge on any atom is -0.386 e. The van der Waals surface area contributed by atoms with Crippen LogP contribution in [0.2, 0.25) is 5.02 Å². The van der Waals surface area contributed by atoms with Gasteiger partial charge in [0.15, 0.2) is 5.96 Å². The zero-order valence-electron chi connectivity index (χ0n) is 14.7.